The van der Waals surface area contributed by atoms with Gasteiger partial charge in [-0.1, -0.05) is 13.8 Å². The highest BCUT2D eigenvalue weighted by Crippen LogP contribution is 2.06. The maximum Gasteiger partial charge on any atom is 0.303 e. The van der Waals surface area contributed by atoms with Crippen molar-refractivity contribution in [2.75, 3.05) is 0 Å². The first kappa shape index (κ1) is 38.4. The van der Waals surface area contributed by atoms with Gasteiger partial charge in [0.15, 0.2) is 5.78 Å². The molecule has 0 aromatic rings. The van der Waals surface area contributed by atoms with Gasteiger partial charge in [-0.15, -0.1) is 0 Å². The van der Waals surface area contributed by atoms with Crippen molar-refractivity contribution >= 4 is 53.2 Å². The molecule has 8 N–H and O–H groups in total. The van der Waals surface area contributed by atoms with E-state index in [0.717, 1.165) is 6.92 Å². The highest BCUT2D eigenvalue weighted by molar-refractivity contribution is 5.96. The second-order valence-corrected chi connectivity index (χ2v) is 10.2. The minimum Gasteiger partial charge on any atom is -0.481 e. The van der Waals surface area contributed by atoms with Gasteiger partial charge >= 0.3 is 17.9 Å². The molecular formula is C26H41N5O12. The summed E-state index contributed by atoms with van der Waals surface area (Å²) in [6, 6.07) is -6.59. The third-order valence-electron chi connectivity index (χ3n) is 6.04. The molecule has 17 nitrogen and oxygen atoms in total. The predicted molar refractivity (Wildman–Crippen MR) is 147 cm³/mol. The van der Waals surface area contributed by atoms with Gasteiger partial charge in [0.25, 0.3) is 0 Å². The Morgan fingerprint density at radius 2 is 0.767 bits per heavy atom. The number of ketones is 1. The largest absolute Gasteiger partial charge is 0.481 e. The van der Waals surface area contributed by atoms with E-state index in [1.807, 2.05) is 0 Å². The van der Waals surface area contributed by atoms with Crippen LogP contribution in [0.5, 0.6) is 0 Å². The van der Waals surface area contributed by atoms with Gasteiger partial charge in [-0.2, -0.15) is 0 Å². The van der Waals surface area contributed by atoms with Crippen molar-refractivity contribution < 1.29 is 58.5 Å². The number of aliphatic carboxylic acids is 3. The molecule has 0 heterocycles. The number of carboxylic acid groups (broad SMARTS) is 3. The van der Waals surface area contributed by atoms with E-state index in [1.54, 1.807) is 13.8 Å². The van der Waals surface area contributed by atoms with Crippen LogP contribution < -0.4 is 26.6 Å². The smallest absolute Gasteiger partial charge is 0.303 e. The number of carbonyl (C=O) groups excluding carboxylic acids is 6. The van der Waals surface area contributed by atoms with Crippen LogP contribution in [0, 0.1) is 5.92 Å². The van der Waals surface area contributed by atoms with Crippen molar-refractivity contribution in [3.8, 4) is 0 Å². The van der Waals surface area contributed by atoms with E-state index in [0.29, 0.717) is 0 Å². The molecule has 0 rings (SSSR count). The summed E-state index contributed by atoms with van der Waals surface area (Å²) in [5, 5.41) is 38.7. The van der Waals surface area contributed by atoms with E-state index in [-0.39, 0.29) is 6.42 Å². The number of hydrogen-bond acceptors (Lipinski definition) is 9. The molecule has 43 heavy (non-hydrogen) atoms. The molecule has 0 aromatic heterocycles. The molecule has 0 saturated heterocycles. The summed E-state index contributed by atoms with van der Waals surface area (Å²) in [6.45, 7) is 7.02. The lowest BCUT2D eigenvalue weighted by atomic mass is 10.0. The van der Waals surface area contributed by atoms with Crippen LogP contribution in [0.15, 0.2) is 0 Å². The molecule has 5 amide bonds. The van der Waals surface area contributed by atoms with E-state index in [1.165, 1.54) is 13.8 Å². The summed E-state index contributed by atoms with van der Waals surface area (Å²) in [7, 11) is 0. The normalized spacial score (nSPS) is 14.2. The van der Waals surface area contributed by atoms with Crippen molar-refractivity contribution in [1.82, 2.24) is 26.6 Å². The van der Waals surface area contributed by atoms with Gasteiger partial charge < -0.3 is 41.9 Å². The van der Waals surface area contributed by atoms with E-state index < -0.39 is 121 Å². The van der Waals surface area contributed by atoms with Crippen LogP contribution in [-0.2, 0) is 43.2 Å². The zero-order valence-corrected chi connectivity index (χ0v) is 24.7. The number of carboxylic acids is 3. The lowest BCUT2D eigenvalue weighted by Crippen LogP contribution is -2.58. The van der Waals surface area contributed by atoms with Crippen LogP contribution in [0.2, 0.25) is 0 Å². The van der Waals surface area contributed by atoms with Gasteiger partial charge in [-0.25, -0.2) is 0 Å². The summed E-state index contributed by atoms with van der Waals surface area (Å²) in [6.07, 6.45) is -2.82. The Morgan fingerprint density at radius 3 is 1.12 bits per heavy atom. The van der Waals surface area contributed by atoms with Crippen LogP contribution in [0.1, 0.15) is 73.1 Å². The molecule has 0 spiro atoms. The molecule has 0 fully saturated rings. The Kier molecular flexibility index (Phi) is 16.8. The van der Waals surface area contributed by atoms with Gasteiger partial charge in [0, 0.05) is 25.2 Å². The SMILES string of the molecule is CC(=O)[C@H](CCC(=O)O)NC(=O)[C@H](CCC(=O)O)NC(=O)[C@H](CCC(=O)O)NC(=O)[C@H](C)NC(=O)[C@H](C)NC(=O)C(C)C. The highest BCUT2D eigenvalue weighted by atomic mass is 16.4. The molecule has 0 aliphatic rings. The monoisotopic (exact) mass is 615 g/mol. The summed E-state index contributed by atoms with van der Waals surface area (Å²) >= 11 is 0. The predicted octanol–water partition coefficient (Wildman–Crippen LogP) is -1.71. The van der Waals surface area contributed by atoms with Gasteiger partial charge in [-0.3, -0.25) is 43.2 Å². The zero-order chi connectivity index (χ0) is 33.4. The fraction of sp³-hybridized carbons (Fsp3) is 0.654. The second-order valence-electron chi connectivity index (χ2n) is 10.2. The first-order valence-corrected chi connectivity index (χ1v) is 13.5. The molecule has 5 atom stereocenters. The lowest BCUT2D eigenvalue weighted by Gasteiger charge is -2.25. The Labute approximate surface area is 247 Å². The summed E-state index contributed by atoms with van der Waals surface area (Å²) in [4.78, 5) is 108. The van der Waals surface area contributed by atoms with Crippen molar-refractivity contribution in [1.29, 1.82) is 0 Å². The number of Topliss-reactive ketones (excluding diaryl/α,β-unsaturated/α-hetero) is 1. The van der Waals surface area contributed by atoms with Crippen LogP contribution in [-0.4, -0.2) is 98.8 Å². The van der Waals surface area contributed by atoms with E-state index in [2.05, 4.69) is 26.6 Å². The molecule has 0 bridgehead atoms. The van der Waals surface area contributed by atoms with Crippen LogP contribution >= 0.6 is 0 Å². The molecule has 0 aliphatic carbocycles. The van der Waals surface area contributed by atoms with Gasteiger partial charge in [0.05, 0.1) is 6.04 Å². The van der Waals surface area contributed by atoms with Gasteiger partial charge in [0.2, 0.25) is 29.5 Å². The second kappa shape index (κ2) is 18.8. The number of hydrogen-bond donors (Lipinski definition) is 8. The molecule has 17 heteroatoms. The fourth-order valence-corrected chi connectivity index (χ4v) is 3.41. The molecule has 0 aromatic carbocycles. The van der Waals surface area contributed by atoms with Crippen molar-refractivity contribution in [3.05, 3.63) is 0 Å². The van der Waals surface area contributed by atoms with E-state index in [4.69, 9.17) is 15.3 Å². The van der Waals surface area contributed by atoms with Crippen LogP contribution in [0.4, 0.5) is 0 Å². The van der Waals surface area contributed by atoms with Crippen molar-refractivity contribution in [3.63, 3.8) is 0 Å². The Hall–Kier alpha value is -4.57. The molecular weight excluding hydrogens is 574 g/mol. The third kappa shape index (κ3) is 15.9. The Balaban J connectivity index is 5.72. The topological polar surface area (TPSA) is 274 Å². The summed E-state index contributed by atoms with van der Waals surface area (Å²) < 4.78 is 0. The quantitative estimate of drug-likeness (QED) is 0.0760. The number of rotatable bonds is 20. The molecule has 0 unspecified atom stereocenters. The maximum absolute atomic E-state index is 13.1. The first-order chi connectivity index (χ1) is 19.8. The van der Waals surface area contributed by atoms with E-state index >= 15 is 0 Å². The molecule has 0 radical (unpaired) electrons. The average molecular weight is 616 g/mol. The Bertz CT molecular complexity index is 1080. The minimum atomic E-state index is -1.55. The third-order valence-corrected chi connectivity index (χ3v) is 6.04. The number of nitrogens with one attached hydrogen (secondary N) is 5. The number of amides is 5. The zero-order valence-electron chi connectivity index (χ0n) is 24.7. The van der Waals surface area contributed by atoms with E-state index in [9.17, 15) is 43.2 Å². The van der Waals surface area contributed by atoms with Gasteiger partial charge in [0.1, 0.15) is 24.2 Å². The van der Waals surface area contributed by atoms with Gasteiger partial charge in [-0.05, 0) is 40.0 Å². The van der Waals surface area contributed by atoms with Crippen molar-refractivity contribution in [2.24, 2.45) is 5.92 Å². The molecule has 242 valence electrons. The summed E-state index contributed by atoms with van der Waals surface area (Å²) in [5.41, 5.74) is 0. The standard InChI is InChI=1S/C26H41N5O12/c1-12(2)22(39)27-13(3)23(40)28-14(4)24(41)30-17(7-10-20(35)36)26(43)31-18(8-11-21(37)38)25(42)29-16(15(5)32)6-9-19(33)34/h12-14,16-18H,6-11H2,1-5H3,(H,27,39)(H,28,40)(H,29,42)(H,30,41)(H,31,43)(H,33,34)(H,35,36)(H,37,38)/t13-,14-,16-,17-,18-/m0/s1. The first-order valence-electron chi connectivity index (χ1n) is 13.5. The minimum absolute atomic E-state index is 0.267. The highest BCUT2D eigenvalue weighted by Gasteiger charge is 2.31. The van der Waals surface area contributed by atoms with Crippen LogP contribution in [0.25, 0.3) is 0 Å². The lowest BCUT2D eigenvalue weighted by molar-refractivity contribution is -0.140. The number of carbonyl (C=O) groups is 9. The fourth-order valence-electron chi connectivity index (χ4n) is 3.41. The molecule has 0 saturated carbocycles. The summed E-state index contributed by atoms with van der Waals surface area (Å²) in [5.74, 6) is -8.91. The maximum atomic E-state index is 13.1. The average Bonchev–Trinajstić information content (AvgIpc) is 2.89. The van der Waals surface area contributed by atoms with Crippen molar-refractivity contribution in [2.45, 2.75) is 103 Å². The molecule has 0 aliphatic heterocycles. The van der Waals surface area contributed by atoms with Crippen LogP contribution in [0.3, 0.4) is 0 Å². The Morgan fingerprint density at radius 1 is 0.465 bits per heavy atom.